The molecule has 3 heteroatoms. The number of aryl methyl sites for hydroxylation is 1. The molecular formula is C18H25N3. The molecule has 0 saturated heterocycles. The highest BCUT2D eigenvalue weighted by Crippen LogP contribution is 2.43. The Morgan fingerprint density at radius 3 is 2.90 bits per heavy atom. The molecule has 21 heavy (non-hydrogen) atoms. The molecule has 0 bridgehead atoms. The summed E-state index contributed by atoms with van der Waals surface area (Å²) in [5.74, 6) is 0. The Kier molecular flexibility index (Phi) is 3.85. The molecule has 112 valence electrons. The average molecular weight is 283 g/mol. The van der Waals surface area contributed by atoms with Crippen LogP contribution in [0.4, 0.5) is 0 Å². The molecule has 1 aliphatic rings. The monoisotopic (exact) mass is 283 g/mol. The summed E-state index contributed by atoms with van der Waals surface area (Å²) in [5.41, 5.74) is 3.26. The van der Waals surface area contributed by atoms with Gasteiger partial charge in [0.05, 0.1) is 6.54 Å². The Balaban J connectivity index is 1.79. The van der Waals surface area contributed by atoms with Crippen molar-refractivity contribution in [1.82, 2.24) is 15.1 Å². The standard InChI is InChI=1S/C18H25N3/c1-14(13-21-12-6-11-19-21)20-17-16-8-5-4-7-15(16)9-10-18(17,2)3/h4-8,11-12,14,17,20H,9-10,13H2,1-3H3. The van der Waals surface area contributed by atoms with Gasteiger partial charge in [-0.2, -0.15) is 5.10 Å². The van der Waals surface area contributed by atoms with Crippen molar-refractivity contribution in [2.45, 2.75) is 52.2 Å². The number of rotatable bonds is 4. The van der Waals surface area contributed by atoms with Gasteiger partial charge in [-0.25, -0.2) is 0 Å². The highest BCUT2D eigenvalue weighted by atomic mass is 15.3. The Labute approximate surface area is 127 Å². The van der Waals surface area contributed by atoms with E-state index in [1.165, 1.54) is 24.0 Å². The van der Waals surface area contributed by atoms with Gasteiger partial charge in [0.2, 0.25) is 0 Å². The van der Waals surface area contributed by atoms with E-state index in [2.05, 4.69) is 55.5 Å². The molecule has 0 aliphatic heterocycles. The van der Waals surface area contributed by atoms with E-state index in [0.29, 0.717) is 12.1 Å². The molecule has 2 unspecified atom stereocenters. The number of hydrogen-bond acceptors (Lipinski definition) is 2. The van der Waals surface area contributed by atoms with Crippen molar-refractivity contribution in [1.29, 1.82) is 0 Å². The molecule has 0 spiro atoms. The summed E-state index contributed by atoms with van der Waals surface area (Å²) in [5, 5.41) is 8.15. The van der Waals surface area contributed by atoms with Crippen LogP contribution in [-0.2, 0) is 13.0 Å². The van der Waals surface area contributed by atoms with Gasteiger partial charge in [-0.15, -0.1) is 0 Å². The lowest BCUT2D eigenvalue weighted by molar-refractivity contribution is 0.190. The number of fused-ring (bicyclic) bond motifs is 1. The van der Waals surface area contributed by atoms with Crippen molar-refractivity contribution >= 4 is 0 Å². The maximum Gasteiger partial charge on any atom is 0.0560 e. The van der Waals surface area contributed by atoms with Gasteiger partial charge in [0.1, 0.15) is 0 Å². The molecule has 2 atom stereocenters. The predicted octanol–water partition coefficient (Wildman–Crippen LogP) is 3.57. The summed E-state index contributed by atoms with van der Waals surface area (Å²) in [6, 6.07) is 11.7. The SMILES string of the molecule is CC(Cn1cccn1)NC1c2ccccc2CCC1(C)C. The van der Waals surface area contributed by atoms with Crippen molar-refractivity contribution in [3.05, 3.63) is 53.9 Å². The van der Waals surface area contributed by atoms with E-state index in [1.54, 1.807) is 0 Å². The molecule has 0 saturated carbocycles. The quantitative estimate of drug-likeness (QED) is 0.929. The van der Waals surface area contributed by atoms with Crippen LogP contribution in [0.5, 0.6) is 0 Å². The minimum atomic E-state index is 0.284. The molecule has 3 nitrogen and oxygen atoms in total. The first kappa shape index (κ1) is 14.3. The van der Waals surface area contributed by atoms with Gasteiger partial charge in [-0.05, 0) is 42.4 Å². The largest absolute Gasteiger partial charge is 0.305 e. The third kappa shape index (κ3) is 3.03. The van der Waals surface area contributed by atoms with Gasteiger partial charge in [0, 0.05) is 24.5 Å². The molecule has 0 radical (unpaired) electrons. The fraction of sp³-hybridized carbons (Fsp3) is 0.500. The van der Waals surface area contributed by atoms with Crippen molar-refractivity contribution in [2.75, 3.05) is 0 Å². The summed E-state index contributed by atoms with van der Waals surface area (Å²) in [7, 11) is 0. The summed E-state index contributed by atoms with van der Waals surface area (Å²) < 4.78 is 2.00. The van der Waals surface area contributed by atoms with Crippen LogP contribution in [0.1, 0.15) is 44.4 Å². The Morgan fingerprint density at radius 2 is 2.14 bits per heavy atom. The molecule has 1 aliphatic carbocycles. The van der Waals surface area contributed by atoms with Crippen molar-refractivity contribution in [3.8, 4) is 0 Å². The molecule has 1 aromatic heterocycles. The van der Waals surface area contributed by atoms with Crippen molar-refractivity contribution in [2.24, 2.45) is 5.41 Å². The van der Waals surface area contributed by atoms with Crippen LogP contribution in [0.25, 0.3) is 0 Å². The van der Waals surface area contributed by atoms with E-state index in [0.717, 1.165) is 6.54 Å². The zero-order valence-electron chi connectivity index (χ0n) is 13.2. The lowest BCUT2D eigenvalue weighted by Gasteiger charge is -2.42. The van der Waals surface area contributed by atoms with Gasteiger partial charge < -0.3 is 5.32 Å². The fourth-order valence-corrected chi connectivity index (χ4v) is 3.41. The lowest BCUT2D eigenvalue weighted by Crippen LogP contribution is -2.43. The second kappa shape index (κ2) is 5.64. The first-order valence-electron chi connectivity index (χ1n) is 7.87. The smallest absolute Gasteiger partial charge is 0.0560 e. The van der Waals surface area contributed by atoms with Crippen LogP contribution < -0.4 is 5.32 Å². The normalized spacial score (nSPS) is 21.8. The Hall–Kier alpha value is -1.61. The predicted molar refractivity (Wildman–Crippen MR) is 86.1 cm³/mol. The minimum absolute atomic E-state index is 0.284. The second-order valence-electron chi connectivity index (χ2n) is 6.92. The maximum absolute atomic E-state index is 4.31. The van der Waals surface area contributed by atoms with Crippen LogP contribution in [-0.4, -0.2) is 15.8 Å². The average Bonchev–Trinajstić information content (AvgIpc) is 2.95. The van der Waals surface area contributed by atoms with Crippen LogP contribution in [0.2, 0.25) is 0 Å². The summed E-state index contributed by atoms with van der Waals surface area (Å²) in [6.07, 6.45) is 6.29. The molecule has 1 aromatic carbocycles. The zero-order chi connectivity index (χ0) is 14.9. The topological polar surface area (TPSA) is 29.9 Å². The third-order valence-corrected chi connectivity index (χ3v) is 4.66. The Morgan fingerprint density at radius 1 is 1.33 bits per heavy atom. The van der Waals surface area contributed by atoms with Crippen LogP contribution in [0.3, 0.4) is 0 Å². The molecule has 0 fully saturated rings. The van der Waals surface area contributed by atoms with Gasteiger partial charge in [-0.1, -0.05) is 38.1 Å². The second-order valence-corrected chi connectivity index (χ2v) is 6.92. The summed E-state index contributed by atoms with van der Waals surface area (Å²) in [4.78, 5) is 0. The van der Waals surface area contributed by atoms with Gasteiger partial charge in [0.15, 0.2) is 0 Å². The van der Waals surface area contributed by atoms with E-state index in [1.807, 2.05) is 23.1 Å². The van der Waals surface area contributed by atoms with Crippen molar-refractivity contribution < 1.29 is 0 Å². The van der Waals surface area contributed by atoms with Crippen LogP contribution in [0.15, 0.2) is 42.7 Å². The van der Waals surface area contributed by atoms with Gasteiger partial charge >= 0.3 is 0 Å². The number of hydrogen-bond donors (Lipinski definition) is 1. The van der Waals surface area contributed by atoms with Crippen LogP contribution >= 0.6 is 0 Å². The molecule has 0 amide bonds. The minimum Gasteiger partial charge on any atom is -0.305 e. The van der Waals surface area contributed by atoms with Crippen LogP contribution in [0, 0.1) is 5.41 Å². The highest BCUT2D eigenvalue weighted by molar-refractivity contribution is 5.34. The first-order chi connectivity index (χ1) is 10.1. The van der Waals surface area contributed by atoms with E-state index in [4.69, 9.17) is 0 Å². The summed E-state index contributed by atoms with van der Waals surface area (Å²) >= 11 is 0. The van der Waals surface area contributed by atoms with E-state index < -0.39 is 0 Å². The summed E-state index contributed by atoms with van der Waals surface area (Å²) in [6.45, 7) is 7.90. The Bertz CT molecular complexity index is 586. The van der Waals surface area contributed by atoms with Crippen molar-refractivity contribution in [3.63, 3.8) is 0 Å². The van der Waals surface area contributed by atoms with E-state index in [-0.39, 0.29) is 5.41 Å². The number of aromatic nitrogens is 2. The first-order valence-corrected chi connectivity index (χ1v) is 7.87. The molecule has 1 N–H and O–H groups in total. The fourth-order valence-electron chi connectivity index (χ4n) is 3.41. The maximum atomic E-state index is 4.31. The van der Waals surface area contributed by atoms with E-state index in [9.17, 15) is 0 Å². The number of nitrogens with one attached hydrogen (secondary N) is 1. The number of benzene rings is 1. The van der Waals surface area contributed by atoms with Gasteiger partial charge in [0.25, 0.3) is 0 Å². The zero-order valence-corrected chi connectivity index (χ0v) is 13.2. The molecule has 1 heterocycles. The highest BCUT2D eigenvalue weighted by Gasteiger charge is 2.36. The van der Waals surface area contributed by atoms with E-state index >= 15 is 0 Å². The third-order valence-electron chi connectivity index (χ3n) is 4.66. The molecule has 3 rings (SSSR count). The van der Waals surface area contributed by atoms with Gasteiger partial charge in [-0.3, -0.25) is 4.68 Å². The molecular weight excluding hydrogens is 258 g/mol. The lowest BCUT2D eigenvalue weighted by atomic mass is 9.70. The number of nitrogens with zero attached hydrogens (tertiary/aromatic N) is 2. The molecule has 2 aromatic rings.